The van der Waals surface area contributed by atoms with E-state index in [1.54, 1.807) is 6.20 Å². The summed E-state index contributed by atoms with van der Waals surface area (Å²) in [6.07, 6.45) is 8.56. The molecule has 110 valence electrons. The molecule has 1 atom stereocenters. The number of nitrogens with zero attached hydrogens (tertiary/aromatic N) is 3. The number of fused-ring (bicyclic) bond motifs is 1. The number of rotatable bonds is 2. The molecule has 22 heavy (non-hydrogen) atoms. The fourth-order valence-electron chi connectivity index (χ4n) is 3.06. The van der Waals surface area contributed by atoms with Crippen molar-refractivity contribution in [3.63, 3.8) is 0 Å². The van der Waals surface area contributed by atoms with E-state index in [1.165, 1.54) is 11.1 Å². The Bertz CT molecular complexity index is 795. The third kappa shape index (κ3) is 2.41. The Morgan fingerprint density at radius 1 is 1.23 bits per heavy atom. The molecule has 4 rings (SSSR count). The second-order valence-electron chi connectivity index (χ2n) is 5.84. The molecule has 3 aromatic rings. The molecule has 3 heterocycles. The van der Waals surface area contributed by atoms with Crippen molar-refractivity contribution in [1.82, 2.24) is 15.0 Å². The molecule has 0 saturated carbocycles. The number of aromatic nitrogens is 3. The number of hydrogen-bond acceptors (Lipinski definition) is 4. The molecule has 0 spiro atoms. The van der Waals surface area contributed by atoms with E-state index >= 15 is 0 Å². The molecular formula is C18H17N3O. The fraction of sp³-hybridized carbons (Fsp3) is 0.278. The van der Waals surface area contributed by atoms with Gasteiger partial charge in [0.25, 0.3) is 0 Å². The molecule has 4 heteroatoms. The van der Waals surface area contributed by atoms with Gasteiger partial charge in [0.2, 0.25) is 5.89 Å². The predicted molar refractivity (Wildman–Crippen MR) is 83.5 cm³/mol. The normalized spacial score (nSPS) is 17.2. The fourth-order valence-corrected chi connectivity index (χ4v) is 3.06. The van der Waals surface area contributed by atoms with E-state index in [1.807, 2.05) is 30.6 Å². The van der Waals surface area contributed by atoms with Crippen molar-refractivity contribution in [3.05, 3.63) is 65.4 Å². The third-order valence-corrected chi connectivity index (χ3v) is 4.19. The standard InChI is InChI=1S/C18H17N3O/c1-12-8-14(11-19-10-12)13-5-6-15-17(9-13)22-18(21-15)16-4-2-3-7-20-16/h2-4,7-8,10-11,13H,5-6,9H2,1H3. The van der Waals surface area contributed by atoms with Crippen molar-refractivity contribution in [3.8, 4) is 11.6 Å². The molecule has 0 bridgehead atoms. The Balaban J connectivity index is 1.63. The SMILES string of the molecule is Cc1cncc(C2CCc3nc(-c4ccccn4)oc3C2)c1. The van der Waals surface area contributed by atoms with E-state index in [0.717, 1.165) is 36.4 Å². The highest BCUT2D eigenvalue weighted by molar-refractivity contribution is 5.47. The van der Waals surface area contributed by atoms with Crippen LogP contribution in [0.2, 0.25) is 0 Å². The van der Waals surface area contributed by atoms with Crippen LogP contribution in [0.25, 0.3) is 11.6 Å². The minimum Gasteiger partial charge on any atom is -0.440 e. The Labute approximate surface area is 129 Å². The van der Waals surface area contributed by atoms with Crippen molar-refractivity contribution in [2.24, 2.45) is 0 Å². The molecule has 0 radical (unpaired) electrons. The van der Waals surface area contributed by atoms with Gasteiger partial charge >= 0.3 is 0 Å². The second kappa shape index (κ2) is 5.37. The second-order valence-corrected chi connectivity index (χ2v) is 5.84. The maximum atomic E-state index is 5.98. The molecule has 1 aliphatic rings. The van der Waals surface area contributed by atoms with Crippen molar-refractivity contribution < 1.29 is 4.42 Å². The average molecular weight is 291 g/mol. The Kier molecular flexibility index (Phi) is 3.22. The Morgan fingerprint density at radius 2 is 2.18 bits per heavy atom. The summed E-state index contributed by atoms with van der Waals surface area (Å²) in [5.41, 5.74) is 4.37. The molecule has 0 aromatic carbocycles. The van der Waals surface area contributed by atoms with Gasteiger partial charge in [-0.1, -0.05) is 12.1 Å². The highest BCUT2D eigenvalue weighted by atomic mass is 16.4. The zero-order valence-electron chi connectivity index (χ0n) is 12.5. The predicted octanol–water partition coefficient (Wildman–Crippen LogP) is 3.71. The van der Waals surface area contributed by atoms with Gasteiger partial charge < -0.3 is 4.42 Å². The molecule has 0 saturated heterocycles. The van der Waals surface area contributed by atoms with Gasteiger partial charge in [-0.3, -0.25) is 9.97 Å². The summed E-state index contributed by atoms with van der Waals surface area (Å²) >= 11 is 0. The van der Waals surface area contributed by atoms with Gasteiger partial charge in [-0.25, -0.2) is 4.98 Å². The van der Waals surface area contributed by atoms with E-state index < -0.39 is 0 Å². The summed E-state index contributed by atoms with van der Waals surface area (Å²) < 4.78 is 5.98. The number of aryl methyl sites for hydroxylation is 2. The first kappa shape index (κ1) is 13.2. The van der Waals surface area contributed by atoms with Gasteiger partial charge in [0.05, 0.1) is 5.69 Å². The van der Waals surface area contributed by atoms with Crippen LogP contribution in [0.1, 0.15) is 34.9 Å². The molecule has 0 fully saturated rings. The molecule has 1 aliphatic carbocycles. The number of pyridine rings is 2. The first-order valence-electron chi connectivity index (χ1n) is 7.61. The summed E-state index contributed by atoms with van der Waals surface area (Å²) in [4.78, 5) is 13.2. The van der Waals surface area contributed by atoms with Gasteiger partial charge in [-0.05, 0) is 48.9 Å². The highest BCUT2D eigenvalue weighted by Gasteiger charge is 2.26. The molecule has 0 N–H and O–H groups in total. The van der Waals surface area contributed by atoms with E-state index in [9.17, 15) is 0 Å². The van der Waals surface area contributed by atoms with Gasteiger partial charge in [0.1, 0.15) is 11.5 Å². The topological polar surface area (TPSA) is 51.8 Å². The number of oxazole rings is 1. The van der Waals surface area contributed by atoms with Crippen LogP contribution in [0, 0.1) is 6.92 Å². The van der Waals surface area contributed by atoms with Gasteiger partial charge in [-0.2, -0.15) is 0 Å². The van der Waals surface area contributed by atoms with Crippen LogP contribution >= 0.6 is 0 Å². The highest BCUT2D eigenvalue weighted by Crippen LogP contribution is 2.34. The smallest absolute Gasteiger partial charge is 0.245 e. The first-order chi connectivity index (χ1) is 10.8. The molecular weight excluding hydrogens is 274 g/mol. The summed E-state index contributed by atoms with van der Waals surface area (Å²) in [5.74, 6) is 2.09. The Morgan fingerprint density at radius 3 is 3.00 bits per heavy atom. The lowest BCUT2D eigenvalue weighted by Crippen LogP contribution is -2.12. The zero-order chi connectivity index (χ0) is 14.9. The van der Waals surface area contributed by atoms with Gasteiger partial charge in [-0.15, -0.1) is 0 Å². The quantitative estimate of drug-likeness (QED) is 0.722. The molecule has 0 amide bonds. The van der Waals surface area contributed by atoms with Gasteiger partial charge in [0, 0.05) is 25.0 Å². The lowest BCUT2D eigenvalue weighted by atomic mass is 9.85. The van der Waals surface area contributed by atoms with E-state index in [-0.39, 0.29) is 0 Å². The van der Waals surface area contributed by atoms with Crippen molar-refractivity contribution >= 4 is 0 Å². The summed E-state index contributed by atoms with van der Waals surface area (Å²) in [7, 11) is 0. The van der Waals surface area contributed by atoms with E-state index in [4.69, 9.17) is 4.42 Å². The number of hydrogen-bond donors (Lipinski definition) is 0. The van der Waals surface area contributed by atoms with Crippen LogP contribution in [0.4, 0.5) is 0 Å². The van der Waals surface area contributed by atoms with Crippen molar-refractivity contribution in [2.75, 3.05) is 0 Å². The van der Waals surface area contributed by atoms with E-state index in [0.29, 0.717) is 11.8 Å². The maximum absolute atomic E-state index is 5.98. The minimum absolute atomic E-state index is 0.462. The van der Waals surface area contributed by atoms with Crippen LogP contribution in [-0.2, 0) is 12.8 Å². The summed E-state index contributed by atoms with van der Waals surface area (Å²) in [6, 6.07) is 8.00. The van der Waals surface area contributed by atoms with Crippen LogP contribution in [0.15, 0.2) is 47.3 Å². The molecule has 0 aliphatic heterocycles. The molecule has 1 unspecified atom stereocenters. The van der Waals surface area contributed by atoms with Crippen LogP contribution < -0.4 is 0 Å². The largest absolute Gasteiger partial charge is 0.440 e. The lowest BCUT2D eigenvalue weighted by molar-refractivity contribution is 0.457. The summed E-state index contributed by atoms with van der Waals surface area (Å²) in [5, 5.41) is 0. The monoisotopic (exact) mass is 291 g/mol. The van der Waals surface area contributed by atoms with Crippen LogP contribution in [0.3, 0.4) is 0 Å². The van der Waals surface area contributed by atoms with Crippen molar-refractivity contribution in [1.29, 1.82) is 0 Å². The van der Waals surface area contributed by atoms with Crippen molar-refractivity contribution in [2.45, 2.75) is 32.1 Å². The average Bonchev–Trinajstić information content (AvgIpc) is 2.99. The summed E-state index contributed by atoms with van der Waals surface area (Å²) in [6.45, 7) is 2.08. The molecule has 4 nitrogen and oxygen atoms in total. The lowest BCUT2D eigenvalue weighted by Gasteiger charge is -2.20. The third-order valence-electron chi connectivity index (χ3n) is 4.19. The maximum Gasteiger partial charge on any atom is 0.245 e. The Hall–Kier alpha value is -2.49. The zero-order valence-corrected chi connectivity index (χ0v) is 12.5. The van der Waals surface area contributed by atoms with Crippen LogP contribution in [-0.4, -0.2) is 15.0 Å². The molecule has 3 aromatic heterocycles. The van der Waals surface area contributed by atoms with E-state index in [2.05, 4.69) is 27.9 Å². The van der Waals surface area contributed by atoms with Gasteiger partial charge in [0.15, 0.2) is 0 Å². The first-order valence-corrected chi connectivity index (χ1v) is 7.61. The van der Waals surface area contributed by atoms with Crippen LogP contribution in [0.5, 0.6) is 0 Å². The minimum atomic E-state index is 0.462.